The normalized spacial score (nSPS) is 15.7. The molecule has 0 spiro atoms. The summed E-state index contributed by atoms with van der Waals surface area (Å²) >= 11 is 0. The number of aromatic amines is 1. The van der Waals surface area contributed by atoms with Gasteiger partial charge in [0.25, 0.3) is 17.7 Å². The van der Waals surface area contributed by atoms with E-state index in [1.165, 1.54) is 80.7 Å². The summed E-state index contributed by atoms with van der Waals surface area (Å²) in [4.78, 5) is 77.9. The molecule has 4 saturated heterocycles. The number of H-pyrrole nitrogens is 1. The fraction of sp³-hybridized carbons (Fsp3) is 0.322. The van der Waals surface area contributed by atoms with Crippen molar-refractivity contribution in [1.82, 2.24) is 63.4 Å². The molecule has 554 valence electrons. The number of piperidine rings is 2. The lowest BCUT2D eigenvalue weighted by atomic mass is 9.99. The molecule has 0 bridgehead atoms. The number of pyridine rings is 4. The van der Waals surface area contributed by atoms with Crippen LogP contribution in [0.3, 0.4) is 0 Å². The van der Waals surface area contributed by atoms with Crippen LogP contribution in [0.5, 0.6) is 0 Å². The van der Waals surface area contributed by atoms with Crippen LogP contribution >= 0.6 is 0 Å². The van der Waals surface area contributed by atoms with E-state index in [9.17, 15) is 19.2 Å². The van der Waals surface area contributed by atoms with Gasteiger partial charge in [-0.15, -0.1) is 0 Å². The predicted molar refractivity (Wildman–Crippen MR) is 433 cm³/mol. The van der Waals surface area contributed by atoms with Crippen LogP contribution in [0.4, 0.5) is 39.8 Å². The number of rotatable bonds is 19. The lowest BCUT2D eigenvalue weighted by molar-refractivity contribution is 0.0589. The number of anilines is 7. The monoisotopic (exact) mass is 1440 g/mol. The predicted octanol–water partition coefficient (Wildman–Crippen LogP) is 14.9. The van der Waals surface area contributed by atoms with Crippen molar-refractivity contribution in [3.05, 3.63) is 245 Å². The maximum Gasteiger partial charge on any atom is 0.253 e. The molecule has 0 unspecified atom stereocenters. The summed E-state index contributed by atoms with van der Waals surface area (Å²) in [6.07, 6.45) is 23.6. The molecule has 5 aliphatic rings. The van der Waals surface area contributed by atoms with Crippen molar-refractivity contribution in [1.29, 1.82) is 0 Å². The molecule has 5 aromatic carbocycles. The number of likely N-dealkylation sites (tertiary alicyclic amines) is 3. The molecule has 12 aromatic rings. The van der Waals surface area contributed by atoms with Gasteiger partial charge in [0.2, 0.25) is 5.56 Å². The number of piperazine rings is 1. The van der Waals surface area contributed by atoms with Crippen LogP contribution in [0.1, 0.15) is 120 Å². The van der Waals surface area contributed by atoms with Crippen molar-refractivity contribution < 1.29 is 14.4 Å². The van der Waals surface area contributed by atoms with Crippen molar-refractivity contribution in [2.75, 3.05) is 99.4 Å². The Bertz CT molecular complexity index is 5190. The van der Waals surface area contributed by atoms with Crippen LogP contribution in [-0.2, 0) is 13.0 Å². The molecule has 21 nitrogen and oxygen atoms in total. The number of fused-ring (bicyclic) bond motifs is 4. The van der Waals surface area contributed by atoms with E-state index in [4.69, 9.17) is 0 Å². The van der Waals surface area contributed by atoms with Crippen molar-refractivity contribution in [3.8, 4) is 33.8 Å². The Hall–Kier alpha value is -11.4. The van der Waals surface area contributed by atoms with Gasteiger partial charge in [0.05, 0.1) is 34.1 Å². The number of hydrogen-bond acceptors (Lipinski definition) is 14. The van der Waals surface area contributed by atoms with Gasteiger partial charge in [-0.3, -0.25) is 37.3 Å². The maximum atomic E-state index is 13.1. The minimum Gasteiger partial charge on any atom is -0.369 e. The highest BCUT2D eigenvalue weighted by Gasteiger charge is 2.29. The summed E-state index contributed by atoms with van der Waals surface area (Å²) in [6.45, 7) is 22.1. The zero-order valence-corrected chi connectivity index (χ0v) is 62.3. The number of nitrogens with one attached hydrogen (secondary N) is 6. The number of aryl methyl sites for hydroxylation is 2. The number of nitrogens with zero attached hydrogens (tertiary/aromatic N) is 11. The van der Waals surface area contributed by atoms with Crippen LogP contribution in [0.25, 0.3) is 50.7 Å². The quantitative estimate of drug-likeness (QED) is 0.0416. The Balaban J connectivity index is 0.000000129. The summed E-state index contributed by atoms with van der Waals surface area (Å²) < 4.78 is 6.18. The van der Waals surface area contributed by atoms with E-state index in [2.05, 4.69) is 159 Å². The Morgan fingerprint density at radius 2 is 1.07 bits per heavy atom. The van der Waals surface area contributed by atoms with E-state index in [0.717, 1.165) is 167 Å². The van der Waals surface area contributed by atoms with Crippen molar-refractivity contribution >= 4 is 74.5 Å². The third-order valence-electron chi connectivity index (χ3n) is 22.0. The van der Waals surface area contributed by atoms with Crippen LogP contribution in [0, 0.1) is 6.92 Å². The van der Waals surface area contributed by atoms with Gasteiger partial charge >= 0.3 is 0 Å². The minimum absolute atomic E-state index is 0.0186. The molecular weight excluding hydrogens is 1350 g/mol. The number of imidazole rings is 3. The van der Waals surface area contributed by atoms with Crippen molar-refractivity contribution in [3.63, 3.8) is 0 Å². The average molecular weight is 1440 g/mol. The van der Waals surface area contributed by atoms with Gasteiger partial charge in [0, 0.05) is 159 Å². The lowest BCUT2D eigenvalue weighted by Crippen LogP contribution is -2.48. The summed E-state index contributed by atoms with van der Waals surface area (Å²) in [5.41, 5.74) is 21.2. The van der Waals surface area contributed by atoms with Gasteiger partial charge in [-0.2, -0.15) is 0 Å². The highest BCUT2D eigenvalue weighted by molar-refractivity contribution is 5.99. The molecule has 6 N–H and O–H groups in total. The highest BCUT2D eigenvalue weighted by Crippen LogP contribution is 2.34. The Morgan fingerprint density at radius 3 is 1.63 bits per heavy atom. The number of hydrogen-bond donors (Lipinski definition) is 6. The molecule has 21 heteroatoms. The second-order valence-electron chi connectivity index (χ2n) is 29.2. The van der Waals surface area contributed by atoms with E-state index in [1.807, 2.05) is 129 Å². The van der Waals surface area contributed by atoms with Crippen LogP contribution in [-0.4, -0.2) is 161 Å². The Labute approximate surface area is 631 Å². The molecule has 5 aliphatic heterocycles. The fourth-order valence-corrected chi connectivity index (χ4v) is 15.9. The second-order valence-corrected chi connectivity index (χ2v) is 29.2. The number of carbonyl (C=O) groups is 3. The van der Waals surface area contributed by atoms with E-state index in [-0.39, 0.29) is 23.3 Å². The molecule has 17 rings (SSSR count). The fourth-order valence-electron chi connectivity index (χ4n) is 15.9. The Morgan fingerprint density at radius 1 is 0.546 bits per heavy atom. The molecule has 108 heavy (non-hydrogen) atoms. The van der Waals surface area contributed by atoms with Gasteiger partial charge in [-0.05, 0) is 266 Å². The molecule has 3 amide bonds. The molecular formula is C87H97N17O4. The zero-order chi connectivity index (χ0) is 74.0. The van der Waals surface area contributed by atoms with Crippen LogP contribution < -0.4 is 37.0 Å². The number of amides is 3. The molecule has 0 atom stereocenters. The van der Waals surface area contributed by atoms with Gasteiger partial charge in [-0.25, -0.2) is 15.0 Å². The first-order valence-electron chi connectivity index (χ1n) is 38.6. The maximum absolute atomic E-state index is 13.1. The molecule has 0 radical (unpaired) electrons. The highest BCUT2D eigenvalue weighted by atomic mass is 16.2. The largest absolute Gasteiger partial charge is 0.369 e. The summed E-state index contributed by atoms with van der Waals surface area (Å²) in [6, 6.07) is 53.6. The van der Waals surface area contributed by atoms with Crippen LogP contribution in [0.15, 0.2) is 206 Å². The number of aromatic nitrogens is 7. The average Bonchev–Trinajstić information content (AvgIpc) is 1.80. The van der Waals surface area contributed by atoms with Crippen LogP contribution in [0.2, 0.25) is 0 Å². The van der Waals surface area contributed by atoms with E-state index < -0.39 is 0 Å². The minimum atomic E-state index is -0.144. The third kappa shape index (κ3) is 16.4. The van der Waals surface area contributed by atoms with Crippen molar-refractivity contribution in [2.45, 2.75) is 104 Å². The first kappa shape index (κ1) is 72.2. The standard InChI is InChI=1S/C29H30N6O2.C29H32N6O2.C29H35N5/c36-28(31-12-3-16-34-14-1-2-15-34)20-4-7-23(8-5-20)33-25-10-11-26(35-17-13-30-27(25)35)21-6-9-24-22(18-21)19-32-29(24)37;36-27-20-22(10-13-30-27)26-9-8-25(28-31-14-19-35(26)28)32-23-6-4-21(5-7-23)29(37)34-17-11-24(12-18-34)33-15-2-1-3-16-33;1-5-23-20-24(7-6-22(23)4)28-13-12-27(29-30-14-15-34(28)29)31-25-8-10-26(11-9-25)33-18-16-32(17-19-33)21(2)3/h4-11,13,17-18,33H,1-3,12,14-16,19H2,(H,31,36)(H,32,37);4-10,13-14,19-20,24,32H,1-3,11-12,15-18H2,(H,30,36);6-15,20-21,31H,5,16-19H2,1-4H3. The SMILES string of the molecule is CCc1cc(-c2ccc(Nc3ccc(N4CCN(C(C)C)CC4)cc3)c3nccn23)ccc1C.O=C(NCCCN1CCCC1)c1ccc(Nc2ccc(-c3ccc4c(c3)CNC4=O)n3ccnc23)cc1.O=C(c1ccc(Nc2ccc(-c3cc[nH]c(=O)c3)n3ccnc23)cc1)N1CCC(N2CCCCC2)CC1. The van der Waals surface area contributed by atoms with Gasteiger partial charge in [0.1, 0.15) is 0 Å². The van der Waals surface area contributed by atoms with Crippen molar-refractivity contribution in [2.24, 2.45) is 0 Å². The third-order valence-corrected chi connectivity index (χ3v) is 22.0. The van der Waals surface area contributed by atoms with Gasteiger partial charge in [-0.1, -0.05) is 31.5 Å². The second kappa shape index (κ2) is 33.2. The molecule has 0 aliphatic carbocycles. The smallest absolute Gasteiger partial charge is 0.253 e. The zero-order valence-electron chi connectivity index (χ0n) is 62.3. The number of benzene rings is 5. The molecule has 12 heterocycles. The molecule has 4 fully saturated rings. The summed E-state index contributed by atoms with van der Waals surface area (Å²) in [7, 11) is 0. The Kier molecular flexibility index (Phi) is 22.2. The van der Waals surface area contributed by atoms with Gasteiger partial charge < -0.3 is 51.2 Å². The molecule has 7 aromatic heterocycles. The van der Waals surface area contributed by atoms with E-state index >= 15 is 0 Å². The molecule has 0 saturated carbocycles. The number of carbonyl (C=O) groups excluding carboxylic acids is 3. The first-order chi connectivity index (χ1) is 52.8. The van der Waals surface area contributed by atoms with E-state index in [0.29, 0.717) is 30.7 Å². The van der Waals surface area contributed by atoms with E-state index in [1.54, 1.807) is 24.7 Å². The first-order valence-corrected chi connectivity index (χ1v) is 38.6. The summed E-state index contributed by atoms with van der Waals surface area (Å²) in [5, 5.41) is 16.4. The summed E-state index contributed by atoms with van der Waals surface area (Å²) in [5.74, 6) is 0.0515. The lowest BCUT2D eigenvalue weighted by Gasteiger charge is -2.40. The van der Waals surface area contributed by atoms with Gasteiger partial charge in [0.15, 0.2) is 16.9 Å². The topological polar surface area (TPSA) is 212 Å².